The number of likely N-dealkylation sites (tertiary alicyclic amines) is 1. The van der Waals surface area contributed by atoms with Crippen LogP contribution in [0.5, 0.6) is 0 Å². The molecule has 0 aliphatic carbocycles. The number of piperidine rings is 1. The number of hydrogen-bond donors (Lipinski definition) is 1. The van der Waals surface area contributed by atoms with Crippen molar-refractivity contribution in [1.29, 1.82) is 0 Å². The summed E-state index contributed by atoms with van der Waals surface area (Å²) in [5.41, 5.74) is 0. The van der Waals surface area contributed by atoms with Gasteiger partial charge in [0.05, 0.1) is 6.10 Å². The molecule has 1 fully saturated rings. The molecule has 1 aliphatic heterocycles. The van der Waals surface area contributed by atoms with Crippen molar-refractivity contribution < 1.29 is 19.4 Å². The standard InChI is InChI=1S/C11H20N2O4/c1-8-4-5-13(6-9(8)17-3)11(16)12(2)7-10(14)15/h8-9H,4-7H2,1-3H3,(H,14,15). The molecule has 1 N–H and O–H groups in total. The van der Waals surface area contributed by atoms with Crippen LogP contribution in [0, 0.1) is 5.92 Å². The quantitative estimate of drug-likeness (QED) is 0.784. The van der Waals surface area contributed by atoms with E-state index in [1.165, 1.54) is 11.9 Å². The lowest BCUT2D eigenvalue weighted by Gasteiger charge is -2.37. The minimum atomic E-state index is -1.01. The summed E-state index contributed by atoms with van der Waals surface area (Å²) in [6, 6.07) is -0.249. The summed E-state index contributed by atoms with van der Waals surface area (Å²) in [6.07, 6.45) is 0.913. The van der Waals surface area contributed by atoms with Crippen LogP contribution in [0.1, 0.15) is 13.3 Å². The van der Waals surface area contributed by atoms with Crippen molar-refractivity contribution in [2.24, 2.45) is 5.92 Å². The number of nitrogens with zero attached hydrogens (tertiary/aromatic N) is 2. The lowest BCUT2D eigenvalue weighted by molar-refractivity contribution is -0.137. The van der Waals surface area contributed by atoms with Crippen molar-refractivity contribution >= 4 is 12.0 Å². The normalized spacial score (nSPS) is 24.5. The molecule has 98 valence electrons. The van der Waals surface area contributed by atoms with Gasteiger partial charge in [0, 0.05) is 27.2 Å². The molecule has 1 rings (SSSR count). The van der Waals surface area contributed by atoms with E-state index in [1.54, 1.807) is 12.0 Å². The van der Waals surface area contributed by atoms with Gasteiger partial charge in [-0.2, -0.15) is 0 Å². The maximum atomic E-state index is 11.9. The summed E-state index contributed by atoms with van der Waals surface area (Å²) in [5.74, 6) is -0.580. The third-order valence-electron chi connectivity index (χ3n) is 3.16. The molecule has 2 unspecified atom stereocenters. The predicted octanol–water partition coefficient (Wildman–Crippen LogP) is 0.480. The second-order valence-corrected chi connectivity index (χ2v) is 4.52. The number of carbonyl (C=O) groups is 2. The molecule has 0 bridgehead atoms. The lowest BCUT2D eigenvalue weighted by Crippen LogP contribution is -2.51. The molecule has 2 atom stereocenters. The molecule has 1 saturated heterocycles. The summed E-state index contributed by atoms with van der Waals surface area (Å²) in [7, 11) is 3.13. The number of carboxylic acid groups (broad SMARTS) is 1. The molecule has 1 heterocycles. The molecule has 6 heteroatoms. The number of methoxy groups -OCH3 is 1. The summed E-state index contributed by atoms with van der Waals surface area (Å²) < 4.78 is 5.32. The van der Waals surface area contributed by atoms with E-state index in [0.717, 1.165) is 6.42 Å². The Hall–Kier alpha value is -1.30. The smallest absolute Gasteiger partial charge is 0.323 e. The topological polar surface area (TPSA) is 70.1 Å². The molecule has 17 heavy (non-hydrogen) atoms. The highest BCUT2D eigenvalue weighted by atomic mass is 16.5. The number of aliphatic carboxylic acids is 1. The Labute approximate surface area is 101 Å². The zero-order valence-electron chi connectivity index (χ0n) is 10.5. The van der Waals surface area contributed by atoms with Gasteiger partial charge in [0.25, 0.3) is 0 Å². The highest BCUT2D eigenvalue weighted by molar-refractivity contribution is 5.80. The number of likely N-dealkylation sites (N-methyl/N-ethyl adjacent to an activating group) is 1. The number of carboxylic acids is 1. The Balaban J connectivity index is 2.55. The molecule has 0 aromatic heterocycles. The Kier molecular flexibility index (Phi) is 4.74. The van der Waals surface area contributed by atoms with Crippen molar-refractivity contribution in [3.05, 3.63) is 0 Å². The van der Waals surface area contributed by atoms with Gasteiger partial charge >= 0.3 is 12.0 Å². The molecule has 6 nitrogen and oxygen atoms in total. The molecule has 0 aromatic rings. The van der Waals surface area contributed by atoms with Crippen LogP contribution < -0.4 is 0 Å². The maximum Gasteiger partial charge on any atom is 0.323 e. The molecule has 0 saturated carbocycles. The SMILES string of the molecule is COC1CN(C(=O)N(C)CC(=O)O)CCC1C. The molecular weight excluding hydrogens is 224 g/mol. The maximum absolute atomic E-state index is 11.9. The summed E-state index contributed by atoms with van der Waals surface area (Å²) in [6.45, 7) is 3.00. The second kappa shape index (κ2) is 5.86. The highest BCUT2D eigenvalue weighted by Crippen LogP contribution is 2.20. The summed E-state index contributed by atoms with van der Waals surface area (Å²) >= 11 is 0. The van der Waals surface area contributed by atoms with Gasteiger partial charge in [-0.3, -0.25) is 4.79 Å². The van der Waals surface area contributed by atoms with Crippen LogP contribution in [-0.2, 0) is 9.53 Å². The van der Waals surface area contributed by atoms with Crippen molar-refractivity contribution in [3.8, 4) is 0 Å². The first-order valence-corrected chi connectivity index (χ1v) is 5.70. The third-order valence-corrected chi connectivity index (χ3v) is 3.16. The van der Waals surface area contributed by atoms with Crippen molar-refractivity contribution in [1.82, 2.24) is 9.80 Å². The van der Waals surface area contributed by atoms with Gasteiger partial charge in [0.2, 0.25) is 0 Å². The van der Waals surface area contributed by atoms with Gasteiger partial charge in [-0.05, 0) is 12.3 Å². The van der Waals surface area contributed by atoms with Gasteiger partial charge in [0.1, 0.15) is 6.54 Å². The van der Waals surface area contributed by atoms with Gasteiger partial charge in [-0.25, -0.2) is 4.79 Å². The van der Waals surface area contributed by atoms with E-state index >= 15 is 0 Å². The zero-order chi connectivity index (χ0) is 13.0. The first-order valence-electron chi connectivity index (χ1n) is 5.70. The summed E-state index contributed by atoms with van der Waals surface area (Å²) in [4.78, 5) is 25.3. The minimum absolute atomic E-state index is 0.0333. The van der Waals surface area contributed by atoms with Gasteiger partial charge in [-0.1, -0.05) is 6.92 Å². The van der Waals surface area contributed by atoms with Crippen molar-refractivity contribution in [2.45, 2.75) is 19.4 Å². The van der Waals surface area contributed by atoms with E-state index in [2.05, 4.69) is 6.92 Å². The van der Waals surface area contributed by atoms with Gasteiger partial charge in [-0.15, -0.1) is 0 Å². The molecule has 0 aromatic carbocycles. The highest BCUT2D eigenvalue weighted by Gasteiger charge is 2.30. The van der Waals surface area contributed by atoms with Crippen molar-refractivity contribution in [3.63, 3.8) is 0 Å². The van der Waals surface area contributed by atoms with E-state index in [-0.39, 0.29) is 18.7 Å². The molecule has 0 radical (unpaired) electrons. The van der Waals surface area contributed by atoms with E-state index in [9.17, 15) is 9.59 Å². The fourth-order valence-corrected chi connectivity index (χ4v) is 2.03. The van der Waals surface area contributed by atoms with Crippen LogP contribution >= 0.6 is 0 Å². The number of amides is 2. The third kappa shape index (κ3) is 3.59. The fraction of sp³-hybridized carbons (Fsp3) is 0.818. The molecular formula is C11H20N2O4. The molecule has 0 spiro atoms. The van der Waals surface area contributed by atoms with Crippen LogP contribution in [0.25, 0.3) is 0 Å². The van der Waals surface area contributed by atoms with Crippen LogP contribution in [0.15, 0.2) is 0 Å². The lowest BCUT2D eigenvalue weighted by atomic mass is 9.96. The van der Waals surface area contributed by atoms with Crippen LogP contribution in [0.3, 0.4) is 0 Å². The van der Waals surface area contributed by atoms with Gasteiger partial charge < -0.3 is 19.6 Å². The van der Waals surface area contributed by atoms with Crippen LogP contribution in [-0.4, -0.2) is 66.8 Å². The zero-order valence-corrected chi connectivity index (χ0v) is 10.5. The predicted molar refractivity (Wildman–Crippen MR) is 61.8 cm³/mol. The van der Waals surface area contributed by atoms with Crippen LogP contribution in [0.2, 0.25) is 0 Å². The largest absolute Gasteiger partial charge is 0.480 e. The van der Waals surface area contributed by atoms with Gasteiger partial charge in [0.15, 0.2) is 0 Å². The van der Waals surface area contributed by atoms with E-state index in [0.29, 0.717) is 19.0 Å². The summed E-state index contributed by atoms with van der Waals surface area (Å²) in [5, 5.41) is 8.63. The molecule has 1 aliphatic rings. The number of carbonyl (C=O) groups excluding carboxylic acids is 1. The van der Waals surface area contributed by atoms with Crippen LogP contribution in [0.4, 0.5) is 4.79 Å². The number of ether oxygens (including phenoxy) is 1. The monoisotopic (exact) mass is 244 g/mol. The Morgan fingerprint density at radius 3 is 2.71 bits per heavy atom. The Bertz CT molecular complexity index is 295. The van der Waals surface area contributed by atoms with E-state index in [1.807, 2.05) is 0 Å². The minimum Gasteiger partial charge on any atom is -0.480 e. The molecule has 2 amide bonds. The van der Waals surface area contributed by atoms with Crippen molar-refractivity contribution in [2.75, 3.05) is 33.8 Å². The first kappa shape index (κ1) is 13.8. The Morgan fingerprint density at radius 1 is 1.53 bits per heavy atom. The van der Waals surface area contributed by atoms with E-state index in [4.69, 9.17) is 9.84 Å². The first-order chi connectivity index (χ1) is 7.95. The fourth-order valence-electron chi connectivity index (χ4n) is 2.03. The average Bonchev–Trinajstić information content (AvgIpc) is 2.27. The average molecular weight is 244 g/mol. The second-order valence-electron chi connectivity index (χ2n) is 4.52. The number of rotatable bonds is 3. The van der Waals surface area contributed by atoms with E-state index < -0.39 is 5.97 Å². The number of urea groups is 1. The number of hydrogen-bond acceptors (Lipinski definition) is 3. The Morgan fingerprint density at radius 2 is 2.18 bits per heavy atom.